The van der Waals surface area contributed by atoms with Crippen LogP contribution in [0.25, 0.3) is 5.69 Å². The fourth-order valence-corrected chi connectivity index (χ4v) is 2.56. The van der Waals surface area contributed by atoms with Crippen LogP contribution in [0.5, 0.6) is 0 Å². The minimum atomic E-state index is -4.52. The van der Waals surface area contributed by atoms with Crippen molar-refractivity contribution in [2.45, 2.75) is 25.4 Å². The molecule has 0 saturated heterocycles. The predicted molar refractivity (Wildman–Crippen MR) is 65.0 cm³/mol. The van der Waals surface area contributed by atoms with Gasteiger partial charge in [0.2, 0.25) is 0 Å². The molecule has 0 spiro atoms. The molecule has 1 aromatic heterocycles. The largest absolute Gasteiger partial charge is 0.435 e. The van der Waals surface area contributed by atoms with Gasteiger partial charge >= 0.3 is 6.18 Å². The summed E-state index contributed by atoms with van der Waals surface area (Å²) in [7, 11) is 0. The molecule has 2 N–H and O–H groups in total. The minimum absolute atomic E-state index is 0.00662. The number of rotatable bonds is 1. The van der Waals surface area contributed by atoms with Crippen molar-refractivity contribution in [2.24, 2.45) is 0 Å². The highest BCUT2D eigenvalue weighted by Crippen LogP contribution is 2.37. The molecule has 1 aliphatic carbocycles. The van der Waals surface area contributed by atoms with Crippen LogP contribution in [0.15, 0.2) is 18.2 Å². The van der Waals surface area contributed by atoms with Gasteiger partial charge in [-0.15, -0.1) is 0 Å². The summed E-state index contributed by atoms with van der Waals surface area (Å²) in [6.45, 7) is 0. The molecule has 0 aliphatic heterocycles. The third-order valence-corrected chi connectivity index (χ3v) is 3.40. The highest BCUT2D eigenvalue weighted by molar-refractivity contribution is 5.48. The van der Waals surface area contributed by atoms with Crippen molar-refractivity contribution >= 4 is 5.69 Å². The van der Waals surface area contributed by atoms with Gasteiger partial charge in [-0.1, -0.05) is 0 Å². The Bertz CT molecular complexity index is 673. The average Bonchev–Trinajstić information content (AvgIpc) is 2.89. The van der Waals surface area contributed by atoms with Gasteiger partial charge in [0, 0.05) is 16.9 Å². The zero-order valence-corrected chi connectivity index (χ0v) is 10.3. The van der Waals surface area contributed by atoms with Crippen LogP contribution >= 0.6 is 0 Å². The zero-order chi connectivity index (χ0) is 14.5. The smallest absolute Gasteiger partial charge is 0.399 e. The molecular formula is C13H11F4N3. The molecule has 0 bridgehead atoms. The van der Waals surface area contributed by atoms with Crippen molar-refractivity contribution in [3.63, 3.8) is 0 Å². The van der Waals surface area contributed by atoms with Crippen molar-refractivity contribution in [3.8, 4) is 5.69 Å². The minimum Gasteiger partial charge on any atom is -0.399 e. The Hall–Kier alpha value is -2.05. The average molecular weight is 285 g/mol. The Labute approximate surface area is 112 Å². The van der Waals surface area contributed by atoms with Gasteiger partial charge in [0.1, 0.15) is 5.69 Å². The van der Waals surface area contributed by atoms with Gasteiger partial charge in [-0.05, 0) is 37.5 Å². The molecule has 20 heavy (non-hydrogen) atoms. The first-order valence-corrected chi connectivity index (χ1v) is 6.11. The molecule has 0 atom stereocenters. The number of alkyl halides is 3. The Balaban J connectivity index is 2.20. The van der Waals surface area contributed by atoms with Gasteiger partial charge in [-0.2, -0.15) is 18.3 Å². The molecule has 0 saturated carbocycles. The van der Waals surface area contributed by atoms with Gasteiger partial charge in [0.05, 0.1) is 0 Å². The Morgan fingerprint density at radius 1 is 1.20 bits per heavy atom. The number of hydrogen-bond acceptors (Lipinski definition) is 2. The number of fused-ring (bicyclic) bond motifs is 1. The topological polar surface area (TPSA) is 43.8 Å². The first-order chi connectivity index (χ1) is 9.38. The standard InChI is InChI=1S/C13H11F4N3/c14-9-6-7(18)4-5-11(9)20-10-3-1-2-8(10)12(19-20)13(15,16)17/h4-6H,1-3,18H2. The molecule has 2 aromatic rings. The van der Waals surface area contributed by atoms with Crippen molar-refractivity contribution in [3.05, 3.63) is 41.0 Å². The molecule has 0 radical (unpaired) electrons. The summed E-state index contributed by atoms with van der Waals surface area (Å²) in [5, 5.41) is 3.57. The van der Waals surface area contributed by atoms with Crippen molar-refractivity contribution in [1.82, 2.24) is 9.78 Å². The Morgan fingerprint density at radius 3 is 2.60 bits per heavy atom. The number of aromatic nitrogens is 2. The van der Waals surface area contributed by atoms with Crippen LogP contribution in [0.2, 0.25) is 0 Å². The number of nitrogens with two attached hydrogens (primary N) is 1. The lowest BCUT2D eigenvalue weighted by Gasteiger charge is -2.07. The van der Waals surface area contributed by atoms with E-state index in [-0.39, 0.29) is 16.9 Å². The first kappa shape index (κ1) is 13.0. The van der Waals surface area contributed by atoms with Gasteiger partial charge in [0.15, 0.2) is 11.5 Å². The third-order valence-electron chi connectivity index (χ3n) is 3.40. The van der Waals surface area contributed by atoms with Crippen molar-refractivity contribution < 1.29 is 17.6 Å². The fraction of sp³-hybridized carbons (Fsp3) is 0.308. The zero-order valence-electron chi connectivity index (χ0n) is 10.3. The van der Waals surface area contributed by atoms with E-state index in [1.165, 1.54) is 12.1 Å². The summed E-state index contributed by atoms with van der Waals surface area (Å²) >= 11 is 0. The van der Waals surface area contributed by atoms with Crippen LogP contribution < -0.4 is 5.73 Å². The lowest BCUT2D eigenvalue weighted by atomic mass is 10.2. The van der Waals surface area contributed by atoms with Crippen LogP contribution in [-0.4, -0.2) is 9.78 Å². The number of hydrogen-bond donors (Lipinski definition) is 1. The third kappa shape index (κ3) is 1.93. The summed E-state index contributed by atoms with van der Waals surface area (Å²) in [4.78, 5) is 0. The highest BCUT2D eigenvalue weighted by Gasteiger charge is 2.40. The predicted octanol–water partition coefficient (Wildman–Crippen LogP) is 3.10. The summed E-state index contributed by atoms with van der Waals surface area (Å²) < 4.78 is 53.8. The highest BCUT2D eigenvalue weighted by atomic mass is 19.4. The molecule has 3 nitrogen and oxygen atoms in total. The van der Waals surface area contributed by atoms with Crippen LogP contribution in [0.1, 0.15) is 23.4 Å². The molecule has 0 fully saturated rings. The van der Waals surface area contributed by atoms with E-state index in [1.54, 1.807) is 0 Å². The van der Waals surface area contributed by atoms with Gasteiger partial charge in [-0.3, -0.25) is 0 Å². The van der Waals surface area contributed by atoms with E-state index in [0.29, 0.717) is 25.0 Å². The SMILES string of the molecule is Nc1ccc(-n2nc(C(F)(F)F)c3c2CCC3)c(F)c1. The summed E-state index contributed by atoms with van der Waals surface area (Å²) in [6, 6.07) is 3.86. The van der Waals surface area contributed by atoms with E-state index >= 15 is 0 Å². The monoisotopic (exact) mass is 285 g/mol. The quantitative estimate of drug-likeness (QED) is 0.646. The second kappa shape index (κ2) is 4.22. The molecule has 1 aliphatic rings. The molecule has 1 heterocycles. The number of benzene rings is 1. The molecule has 7 heteroatoms. The van der Waals surface area contributed by atoms with Gasteiger partial charge in [0.25, 0.3) is 0 Å². The van der Waals surface area contributed by atoms with Crippen LogP contribution in [0.3, 0.4) is 0 Å². The van der Waals surface area contributed by atoms with Gasteiger partial charge in [-0.25, -0.2) is 9.07 Å². The van der Waals surface area contributed by atoms with E-state index in [2.05, 4.69) is 5.10 Å². The molecule has 0 unspecified atom stereocenters. The van der Waals surface area contributed by atoms with Crippen molar-refractivity contribution in [2.75, 3.05) is 5.73 Å². The summed E-state index contributed by atoms with van der Waals surface area (Å²) in [5.74, 6) is -0.684. The van der Waals surface area contributed by atoms with E-state index in [4.69, 9.17) is 5.73 Å². The van der Waals surface area contributed by atoms with Crippen LogP contribution in [0, 0.1) is 5.82 Å². The molecule has 1 aromatic carbocycles. The maximum Gasteiger partial charge on any atom is 0.435 e. The number of nitrogens with zero attached hydrogens (tertiary/aromatic N) is 2. The summed E-state index contributed by atoms with van der Waals surface area (Å²) in [6.07, 6.45) is -3.13. The van der Waals surface area contributed by atoms with E-state index < -0.39 is 17.7 Å². The molecular weight excluding hydrogens is 274 g/mol. The first-order valence-electron chi connectivity index (χ1n) is 6.11. The lowest BCUT2D eigenvalue weighted by molar-refractivity contribution is -0.141. The van der Waals surface area contributed by atoms with E-state index in [0.717, 1.165) is 10.7 Å². The maximum atomic E-state index is 13.9. The fourth-order valence-electron chi connectivity index (χ4n) is 2.56. The maximum absolute atomic E-state index is 13.9. The van der Waals surface area contributed by atoms with Crippen LogP contribution in [0.4, 0.5) is 23.2 Å². The summed E-state index contributed by atoms with van der Waals surface area (Å²) in [5.41, 5.74) is 5.34. The number of anilines is 1. The van der Waals surface area contributed by atoms with E-state index in [1.807, 2.05) is 0 Å². The normalized spacial score (nSPS) is 14.6. The lowest BCUT2D eigenvalue weighted by Crippen LogP contribution is -2.10. The Kier molecular flexibility index (Phi) is 2.74. The number of halogens is 4. The van der Waals surface area contributed by atoms with Crippen molar-refractivity contribution in [1.29, 1.82) is 0 Å². The Morgan fingerprint density at radius 2 is 1.95 bits per heavy atom. The molecule has 106 valence electrons. The number of nitrogen functional groups attached to an aromatic ring is 1. The second-order valence-electron chi connectivity index (χ2n) is 4.75. The molecule has 0 amide bonds. The van der Waals surface area contributed by atoms with Crippen LogP contribution in [-0.2, 0) is 19.0 Å². The van der Waals surface area contributed by atoms with Gasteiger partial charge < -0.3 is 5.73 Å². The van der Waals surface area contributed by atoms with E-state index in [9.17, 15) is 17.6 Å². The molecule has 3 rings (SSSR count). The second-order valence-corrected chi connectivity index (χ2v) is 4.75.